The molecule has 4 N–H and O–H groups in total. The minimum absolute atomic E-state index is 0.180. The lowest BCUT2D eigenvalue weighted by Gasteiger charge is -2.28. The molecule has 4 rings (SSSR count). The van der Waals surface area contributed by atoms with E-state index in [2.05, 4.69) is 21.2 Å². The van der Waals surface area contributed by atoms with Crippen LogP contribution in [0.2, 0.25) is 10.0 Å². The van der Waals surface area contributed by atoms with Crippen LogP contribution in [0.25, 0.3) is 0 Å². The summed E-state index contributed by atoms with van der Waals surface area (Å²) in [6, 6.07) is 16.7. The van der Waals surface area contributed by atoms with Crippen LogP contribution in [-0.4, -0.2) is 49.9 Å². The summed E-state index contributed by atoms with van der Waals surface area (Å²) in [6.45, 7) is 3.88. The normalized spacial score (nSPS) is 15.3. The van der Waals surface area contributed by atoms with Crippen molar-refractivity contribution in [2.45, 2.75) is 32.7 Å². The summed E-state index contributed by atoms with van der Waals surface area (Å²) in [7, 11) is 1.27. The number of hydrogen-bond donors (Lipinski definition) is 4. The van der Waals surface area contributed by atoms with Gasteiger partial charge in [0.1, 0.15) is 13.2 Å². The van der Waals surface area contributed by atoms with Crippen molar-refractivity contribution >= 4 is 41.4 Å². The number of carbonyl (C=O) groups is 2. The van der Waals surface area contributed by atoms with Crippen LogP contribution in [0.3, 0.4) is 0 Å². The minimum Gasteiger partial charge on any atom is -0.490 e. The number of carbonyl (C=O) groups excluding carboxylic acids is 2. The van der Waals surface area contributed by atoms with Gasteiger partial charge in [0.15, 0.2) is 23.5 Å². The van der Waals surface area contributed by atoms with Crippen molar-refractivity contribution < 1.29 is 33.6 Å². The number of allylic oxidation sites excluding steroid dienone is 1. The predicted molar refractivity (Wildman–Crippen MR) is 166 cm³/mol. The number of urea groups is 1. The van der Waals surface area contributed by atoms with Gasteiger partial charge < -0.3 is 34.7 Å². The molecule has 0 aliphatic carbocycles. The van der Waals surface area contributed by atoms with Crippen LogP contribution in [0.15, 0.2) is 77.0 Å². The van der Waals surface area contributed by atoms with E-state index in [-0.39, 0.29) is 12.2 Å². The molecule has 1 heterocycles. The van der Waals surface area contributed by atoms with Gasteiger partial charge in [0.05, 0.1) is 41.6 Å². The lowest BCUT2D eigenvalue weighted by molar-refractivity contribution is -0.136. The van der Waals surface area contributed by atoms with Gasteiger partial charge in [-0.15, -0.1) is 0 Å². The molecule has 2 amide bonds. The quantitative estimate of drug-likeness (QED) is 0.0875. The Bertz CT molecular complexity index is 1530. The van der Waals surface area contributed by atoms with Gasteiger partial charge in [0.25, 0.3) is 0 Å². The number of aliphatic hydroxyl groups excluding tert-OH is 1. The first-order valence-electron chi connectivity index (χ1n) is 13.6. The Morgan fingerprint density at radius 1 is 1.07 bits per heavy atom. The summed E-state index contributed by atoms with van der Waals surface area (Å²) in [6.07, 6.45) is 0.268. The molecule has 13 heteroatoms. The highest BCUT2D eigenvalue weighted by Crippen LogP contribution is 2.36. The van der Waals surface area contributed by atoms with E-state index in [1.807, 2.05) is 30.3 Å². The molecule has 232 valence electrons. The van der Waals surface area contributed by atoms with E-state index in [1.54, 1.807) is 44.2 Å². The highest BCUT2D eigenvalue weighted by Gasteiger charge is 2.32. The van der Waals surface area contributed by atoms with Crippen LogP contribution in [0.4, 0.5) is 4.79 Å². The Morgan fingerprint density at radius 3 is 2.48 bits per heavy atom. The average molecular weight is 644 g/mol. The smallest absolute Gasteiger partial charge is 0.337 e. The largest absolute Gasteiger partial charge is 0.490 e. The van der Waals surface area contributed by atoms with Gasteiger partial charge in [-0.3, -0.25) is 5.43 Å². The topological polar surface area (TPSA) is 140 Å². The molecule has 2 atom stereocenters. The third kappa shape index (κ3) is 8.34. The molecular weight excluding hydrogens is 611 g/mol. The third-order valence-corrected chi connectivity index (χ3v) is 6.92. The number of hydrazone groups is 1. The summed E-state index contributed by atoms with van der Waals surface area (Å²) in [5, 5.41) is 20.4. The van der Waals surface area contributed by atoms with Crippen LogP contribution < -0.4 is 30.3 Å². The van der Waals surface area contributed by atoms with E-state index in [0.717, 1.165) is 5.56 Å². The van der Waals surface area contributed by atoms with Gasteiger partial charge >= 0.3 is 12.0 Å². The molecule has 0 radical (unpaired) electrons. The molecule has 3 aromatic rings. The van der Waals surface area contributed by atoms with Crippen molar-refractivity contribution in [1.29, 1.82) is 0 Å². The molecule has 0 aromatic heterocycles. The molecule has 0 saturated heterocycles. The number of rotatable bonds is 13. The van der Waals surface area contributed by atoms with E-state index in [9.17, 15) is 14.7 Å². The average Bonchev–Trinajstić information content (AvgIpc) is 3.00. The Kier molecular flexibility index (Phi) is 11.3. The van der Waals surface area contributed by atoms with Gasteiger partial charge in [0.2, 0.25) is 0 Å². The Morgan fingerprint density at radius 2 is 1.80 bits per heavy atom. The molecule has 0 bridgehead atoms. The number of benzene rings is 3. The van der Waals surface area contributed by atoms with E-state index < -0.39 is 24.3 Å². The monoisotopic (exact) mass is 642 g/mol. The minimum atomic E-state index is -1.18. The molecule has 0 spiro atoms. The van der Waals surface area contributed by atoms with Crippen LogP contribution >= 0.6 is 23.2 Å². The molecule has 0 saturated carbocycles. The van der Waals surface area contributed by atoms with Crippen LogP contribution in [-0.2, 0) is 16.1 Å². The number of ether oxygens (including phenoxy) is 4. The second kappa shape index (κ2) is 15.3. The number of esters is 1. The maximum absolute atomic E-state index is 12.4. The van der Waals surface area contributed by atoms with E-state index in [0.29, 0.717) is 57.3 Å². The first-order chi connectivity index (χ1) is 21.2. The summed E-state index contributed by atoms with van der Waals surface area (Å²) >= 11 is 12.8. The standard InChI is InChI=1S/C31H32Cl2N4O7/c1-4-42-25-14-21(28-27(30(39)41-3)18(2)35-31(40)36-28)10-11-24(25)43-17-26(38)37-34-15-20-12-22(32)29(23(33)13-20)44-16-19-8-6-5-7-9-19/h5-15,26,28,37-38H,4,16-17H2,1-3H3,(H2,35,36,40)/b34-15-/t26-,28+/m0/s1. The van der Waals surface area contributed by atoms with Crippen molar-refractivity contribution in [3.63, 3.8) is 0 Å². The predicted octanol–water partition coefficient (Wildman–Crippen LogP) is 5.09. The van der Waals surface area contributed by atoms with Gasteiger partial charge in [0, 0.05) is 5.70 Å². The zero-order valence-electron chi connectivity index (χ0n) is 24.2. The first-order valence-corrected chi connectivity index (χ1v) is 14.3. The first kappa shape index (κ1) is 32.5. The zero-order valence-corrected chi connectivity index (χ0v) is 25.7. The lowest BCUT2D eigenvalue weighted by atomic mass is 9.95. The van der Waals surface area contributed by atoms with E-state index in [4.69, 9.17) is 42.1 Å². The van der Waals surface area contributed by atoms with Crippen molar-refractivity contribution in [1.82, 2.24) is 16.1 Å². The lowest BCUT2D eigenvalue weighted by Crippen LogP contribution is -2.45. The number of halogens is 2. The molecule has 0 unspecified atom stereocenters. The number of methoxy groups -OCH3 is 1. The number of nitrogens with zero attached hydrogens (tertiary/aromatic N) is 1. The van der Waals surface area contributed by atoms with E-state index >= 15 is 0 Å². The summed E-state index contributed by atoms with van der Waals surface area (Å²) in [4.78, 5) is 24.6. The number of aliphatic hydroxyl groups is 1. The Hall–Kier alpha value is -4.45. The van der Waals surface area contributed by atoms with Crippen molar-refractivity contribution in [3.8, 4) is 17.2 Å². The second-order valence-corrected chi connectivity index (χ2v) is 10.3. The highest BCUT2D eigenvalue weighted by atomic mass is 35.5. The van der Waals surface area contributed by atoms with Gasteiger partial charge in [-0.25, -0.2) is 9.59 Å². The molecule has 0 fully saturated rings. The fourth-order valence-electron chi connectivity index (χ4n) is 4.34. The third-order valence-electron chi connectivity index (χ3n) is 6.36. The van der Waals surface area contributed by atoms with Gasteiger partial charge in [-0.05, 0) is 54.8 Å². The number of hydrogen-bond acceptors (Lipinski definition) is 9. The SMILES string of the molecule is CCOc1cc([C@H]2NC(=O)NC(C)=C2C(=O)OC)ccc1OC[C@H](O)N/N=C\c1cc(Cl)c(OCc2ccccc2)c(Cl)c1. The molecule has 3 aromatic carbocycles. The van der Waals surface area contributed by atoms with Crippen molar-refractivity contribution in [2.24, 2.45) is 5.10 Å². The molecule has 1 aliphatic heterocycles. The summed E-state index contributed by atoms with van der Waals surface area (Å²) in [5.74, 6) is 0.479. The maximum atomic E-state index is 12.4. The van der Waals surface area contributed by atoms with Gasteiger partial charge in [-0.2, -0.15) is 5.10 Å². The highest BCUT2D eigenvalue weighted by molar-refractivity contribution is 6.37. The number of nitrogens with one attached hydrogen (secondary N) is 3. The molecule has 1 aliphatic rings. The molecular formula is C31H32Cl2N4O7. The maximum Gasteiger partial charge on any atom is 0.337 e. The zero-order chi connectivity index (χ0) is 31.6. The van der Waals surface area contributed by atoms with Gasteiger partial charge in [-0.1, -0.05) is 59.6 Å². The summed E-state index contributed by atoms with van der Waals surface area (Å²) < 4.78 is 22.2. The van der Waals surface area contributed by atoms with E-state index in [1.165, 1.54) is 13.3 Å². The van der Waals surface area contributed by atoms with Crippen LogP contribution in [0.5, 0.6) is 17.2 Å². The fraction of sp³-hybridized carbons (Fsp3) is 0.258. The van der Waals surface area contributed by atoms with Crippen LogP contribution in [0.1, 0.15) is 36.6 Å². The second-order valence-electron chi connectivity index (χ2n) is 9.50. The Balaban J connectivity index is 1.37. The fourth-order valence-corrected chi connectivity index (χ4v) is 4.95. The molecule has 44 heavy (non-hydrogen) atoms. The van der Waals surface area contributed by atoms with Crippen molar-refractivity contribution in [2.75, 3.05) is 20.3 Å². The summed E-state index contributed by atoms with van der Waals surface area (Å²) in [5.41, 5.74) is 5.37. The van der Waals surface area contributed by atoms with Crippen molar-refractivity contribution in [3.05, 3.63) is 98.7 Å². The molecule has 11 nitrogen and oxygen atoms in total. The Labute approximate surface area is 264 Å². The number of amides is 2. The van der Waals surface area contributed by atoms with Crippen LogP contribution in [0, 0.1) is 0 Å².